The monoisotopic (exact) mass is 325 g/mol. The molecule has 0 spiro atoms. The van der Waals surface area contributed by atoms with Crippen molar-refractivity contribution >= 4 is 11.9 Å². The Kier molecular flexibility index (Phi) is 4.99. The number of para-hydroxylation sites is 2. The summed E-state index contributed by atoms with van der Waals surface area (Å²) in [7, 11) is 0. The van der Waals surface area contributed by atoms with Crippen molar-refractivity contribution in [2.24, 2.45) is 4.99 Å². The van der Waals surface area contributed by atoms with Crippen LogP contribution in [0.3, 0.4) is 0 Å². The van der Waals surface area contributed by atoms with E-state index in [9.17, 15) is 5.11 Å². The van der Waals surface area contributed by atoms with E-state index in [0.29, 0.717) is 5.56 Å². The molecule has 0 atom stereocenters. The molecule has 2 N–H and O–H groups in total. The molecule has 0 aliphatic rings. The number of aromatic amines is 1. The van der Waals surface area contributed by atoms with Crippen LogP contribution in [0, 0.1) is 0 Å². The first-order valence-corrected chi connectivity index (χ1v) is 6.39. The predicted octanol–water partition coefficient (Wildman–Crippen LogP) is 4.14. The van der Waals surface area contributed by atoms with Gasteiger partial charge >= 0.3 is 0 Å². The number of nitrogens with one attached hydrogen (secondary N) is 1. The van der Waals surface area contributed by atoms with E-state index in [4.69, 9.17) is 0 Å². The second-order valence-electron chi connectivity index (χ2n) is 4.42. The molecule has 3 rings (SSSR count). The molecule has 1 radical (unpaired) electrons. The maximum Gasteiger partial charge on any atom is 0.133 e. The SMILES string of the molecule is Oc1c(C=Nc2ccccc2)cccc1-c1ccc[nH]1.[Cu]. The smallest absolute Gasteiger partial charge is 0.133 e. The third-order valence-electron chi connectivity index (χ3n) is 3.06. The van der Waals surface area contributed by atoms with Gasteiger partial charge in [0.25, 0.3) is 0 Å². The quantitative estimate of drug-likeness (QED) is 0.552. The Morgan fingerprint density at radius 3 is 2.43 bits per heavy atom. The van der Waals surface area contributed by atoms with Gasteiger partial charge in [0, 0.05) is 46.3 Å². The Labute approximate surface area is 133 Å². The van der Waals surface area contributed by atoms with E-state index >= 15 is 0 Å². The van der Waals surface area contributed by atoms with Crippen LogP contribution >= 0.6 is 0 Å². The van der Waals surface area contributed by atoms with Gasteiger partial charge in [0.05, 0.1) is 5.69 Å². The van der Waals surface area contributed by atoms with Crippen LogP contribution in [-0.2, 0) is 17.1 Å². The number of phenols is 1. The summed E-state index contributed by atoms with van der Waals surface area (Å²) in [6.45, 7) is 0. The van der Waals surface area contributed by atoms with Gasteiger partial charge in [-0.15, -0.1) is 0 Å². The molecular formula is C17H14CuN2O. The summed E-state index contributed by atoms with van der Waals surface area (Å²) in [5.74, 6) is 0.231. The van der Waals surface area contributed by atoms with Gasteiger partial charge in [-0.3, -0.25) is 4.99 Å². The molecule has 0 aliphatic carbocycles. The average Bonchev–Trinajstić information content (AvgIpc) is 3.01. The van der Waals surface area contributed by atoms with Gasteiger partial charge in [-0.05, 0) is 36.4 Å². The minimum atomic E-state index is 0. The van der Waals surface area contributed by atoms with Crippen LogP contribution in [0.4, 0.5) is 5.69 Å². The third-order valence-corrected chi connectivity index (χ3v) is 3.06. The fourth-order valence-electron chi connectivity index (χ4n) is 2.04. The summed E-state index contributed by atoms with van der Waals surface area (Å²) in [6, 6.07) is 19.1. The van der Waals surface area contributed by atoms with Crippen LogP contribution in [0.15, 0.2) is 71.9 Å². The number of rotatable bonds is 3. The van der Waals surface area contributed by atoms with Crippen molar-refractivity contribution in [2.75, 3.05) is 0 Å². The van der Waals surface area contributed by atoms with E-state index in [1.54, 1.807) is 6.21 Å². The van der Waals surface area contributed by atoms with E-state index in [-0.39, 0.29) is 22.8 Å². The zero-order valence-corrected chi connectivity index (χ0v) is 12.1. The second kappa shape index (κ2) is 6.93. The second-order valence-corrected chi connectivity index (χ2v) is 4.42. The number of hydrogen-bond acceptors (Lipinski definition) is 2. The molecule has 3 aromatic rings. The molecule has 3 nitrogen and oxygen atoms in total. The van der Waals surface area contributed by atoms with Gasteiger partial charge < -0.3 is 10.1 Å². The Morgan fingerprint density at radius 2 is 1.71 bits per heavy atom. The van der Waals surface area contributed by atoms with Crippen molar-refractivity contribution < 1.29 is 22.2 Å². The summed E-state index contributed by atoms with van der Waals surface area (Å²) in [4.78, 5) is 7.46. The molecular weight excluding hydrogens is 312 g/mol. The summed E-state index contributed by atoms with van der Waals surface area (Å²) < 4.78 is 0. The Hall–Kier alpha value is -2.29. The molecule has 21 heavy (non-hydrogen) atoms. The largest absolute Gasteiger partial charge is 0.507 e. The molecule has 2 aromatic carbocycles. The van der Waals surface area contributed by atoms with E-state index in [2.05, 4.69) is 9.98 Å². The maximum absolute atomic E-state index is 10.3. The number of aromatic nitrogens is 1. The number of nitrogens with zero attached hydrogens (tertiary/aromatic N) is 1. The molecule has 0 saturated carbocycles. The standard InChI is InChI=1S/C17H14N2O.Cu/c20-17-13(12-19-14-7-2-1-3-8-14)6-4-9-15(17)16-10-5-11-18-16;/h1-12,18,20H;. The van der Waals surface area contributed by atoms with Gasteiger partial charge in [0.15, 0.2) is 0 Å². The van der Waals surface area contributed by atoms with E-state index in [1.807, 2.05) is 66.9 Å². The van der Waals surface area contributed by atoms with Crippen molar-refractivity contribution in [3.05, 3.63) is 72.4 Å². The maximum atomic E-state index is 10.3. The molecule has 1 aromatic heterocycles. The topological polar surface area (TPSA) is 48.4 Å². The summed E-state index contributed by atoms with van der Waals surface area (Å²) in [5, 5.41) is 10.3. The minimum Gasteiger partial charge on any atom is -0.507 e. The van der Waals surface area contributed by atoms with Crippen LogP contribution in [0.1, 0.15) is 5.56 Å². The number of aliphatic imine (C=N–C) groups is 1. The molecule has 0 bridgehead atoms. The number of H-pyrrole nitrogens is 1. The zero-order valence-electron chi connectivity index (χ0n) is 11.1. The molecule has 1 heterocycles. The van der Waals surface area contributed by atoms with Crippen molar-refractivity contribution in [1.82, 2.24) is 4.98 Å². The first kappa shape index (κ1) is 15.1. The van der Waals surface area contributed by atoms with E-state index in [0.717, 1.165) is 16.9 Å². The summed E-state index contributed by atoms with van der Waals surface area (Å²) >= 11 is 0. The molecule has 109 valence electrons. The molecule has 4 heteroatoms. The van der Waals surface area contributed by atoms with Crippen molar-refractivity contribution in [2.45, 2.75) is 0 Å². The number of benzene rings is 2. The zero-order chi connectivity index (χ0) is 13.8. The fourth-order valence-corrected chi connectivity index (χ4v) is 2.04. The normalized spacial score (nSPS) is 10.5. The van der Waals surface area contributed by atoms with Gasteiger partial charge in [0.2, 0.25) is 0 Å². The third kappa shape index (κ3) is 3.43. The minimum absolute atomic E-state index is 0. The molecule has 0 amide bonds. The predicted molar refractivity (Wildman–Crippen MR) is 81.6 cm³/mol. The number of aromatic hydroxyl groups is 1. The molecule has 0 saturated heterocycles. The number of phenolic OH excluding ortho intramolecular Hbond substituents is 1. The van der Waals surface area contributed by atoms with Crippen LogP contribution in [0.2, 0.25) is 0 Å². The molecule has 0 fully saturated rings. The fraction of sp³-hybridized carbons (Fsp3) is 0. The van der Waals surface area contributed by atoms with Crippen LogP contribution < -0.4 is 0 Å². The van der Waals surface area contributed by atoms with Crippen molar-refractivity contribution in [3.8, 4) is 17.0 Å². The van der Waals surface area contributed by atoms with Gasteiger partial charge in [-0.2, -0.15) is 0 Å². The van der Waals surface area contributed by atoms with Crippen molar-refractivity contribution in [3.63, 3.8) is 0 Å². The van der Waals surface area contributed by atoms with E-state index < -0.39 is 0 Å². The van der Waals surface area contributed by atoms with Crippen molar-refractivity contribution in [1.29, 1.82) is 0 Å². The van der Waals surface area contributed by atoms with Gasteiger partial charge in [0.1, 0.15) is 5.75 Å². The Morgan fingerprint density at radius 1 is 0.905 bits per heavy atom. The Bertz CT molecular complexity index is 722. The van der Waals surface area contributed by atoms with Gasteiger partial charge in [-0.1, -0.05) is 24.3 Å². The first-order chi connectivity index (χ1) is 9.84. The summed E-state index contributed by atoms with van der Waals surface area (Å²) in [5.41, 5.74) is 3.21. The average molecular weight is 326 g/mol. The molecule has 0 aliphatic heterocycles. The number of hydrogen-bond donors (Lipinski definition) is 2. The Balaban J connectivity index is 0.00000161. The van der Waals surface area contributed by atoms with E-state index in [1.165, 1.54) is 0 Å². The summed E-state index contributed by atoms with van der Waals surface area (Å²) in [6.07, 6.45) is 3.51. The van der Waals surface area contributed by atoms with Gasteiger partial charge in [-0.25, -0.2) is 0 Å². The molecule has 0 unspecified atom stereocenters. The van der Waals surface area contributed by atoms with Crippen LogP contribution in [-0.4, -0.2) is 16.3 Å². The van der Waals surface area contributed by atoms with Crippen LogP contribution in [0.25, 0.3) is 11.3 Å². The first-order valence-electron chi connectivity index (χ1n) is 6.39. The van der Waals surface area contributed by atoms with Crippen LogP contribution in [0.5, 0.6) is 5.75 Å².